The van der Waals surface area contributed by atoms with E-state index in [1.54, 1.807) is 0 Å². The zero-order chi connectivity index (χ0) is 9.84. The van der Waals surface area contributed by atoms with Crippen LogP contribution in [-0.2, 0) is 14.3 Å². The summed E-state index contributed by atoms with van der Waals surface area (Å²) in [7, 11) is 0. The first-order valence-electron chi connectivity index (χ1n) is 4.23. The molecular weight excluding hydrogens is 174 g/mol. The van der Waals surface area contributed by atoms with Gasteiger partial charge in [-0.05, 0) is 19.8 Å². The monoisotopic (exact) mass is 187 g/mol. The van der Waals surface area contributed by atoms with Crippen molar-refractivity contribution in [2.45, 2.75) is 31.9 Å². The molecule has 0 aromatic heterocycles. The normalized spacial score (nSPS) is 17.9. The van der Waals surface area contributed by atoms with Crippen LogP contribution in [0.15, 0.2) is 0 Å². The standard InChI is InChI=1S/C8H13NO4/c1-5(8(11)12)13-4-7(10)9-6-2-3-6/h5-6H,2-4H2,1H3,(H,9,10)(H,11,12)/t5-/m1/s1. The molecule has 1 amide bonds. The minimum absolute atomic E-state index is 0.177. The molecule has 1 rings (SSSR count). The average molecular weight is 187 g/mol. The number of aliphatic carboxylic acids is 1. The molecule has 0 heterocycles. The lowest BCUT2D eigenvalue weighted by molar-refractivity contribution is -0.150. The molecule has 5 heteroatoms. The summed E-state index contributed by atoms with van der Waals surface area (Å²) < 4.78 is 4.78. The number of ether oxygens (including phenoxy) is 1. The number of nitrogens with one attached hydrogen (secondary N) is 1. The van der Waals surface area contributed by atoms with E-state index >= 15 is 0 Å². The molecule has 74 valence electrons. The van der Waals surface area contributed by atoms with E-state index in [9.17, 15) is 9.59 Å². The zero-order valence-electron chi connectivity index (χ0n) is 7.45. The Balaban J connectivity index is 2.09. The van der Waals surface area contributed by atoms with Gasteiger partial charge < -0.3 is 15.2 Å². The molecule has 2 N–H and O–H groups in total. The van der Waals surface area contributed by atoms with Crippen LogP contribution in [0.4, 0.5) is 0 Å². The van der Waals surface area contributed by atoms with E-state index in [1.165, 1.54) is 6.92 Å². The fraction of sp³-hybridized carbons (Fsp3) is 0.750. The summed E-state index contributed by atoms with van der Waals surface area (Å²) in [5.74, 6) is -1.30. The molecule has 0 saturated heterocycles. The third kappa shape index (κ3) is 3.89. The van der Waals surface area contributed by atoms with Gasteiger partial charge in [-0.3, -0.25) is 4.79 Å². The Labute approximate surface area is 76.1 Å². The van der Waals surface area contributed by atoms with Gasteiger partial charge in [0.2, 0.25) is 5.91 Å². The van der Waals surface area contributed by atoms with Crippen molar-refractivity contribution in [1.29, 1.82) is 0 Å². The van der Waals surface area contributed by atoms with E-state index in [1.807, 2.05) is 0 Å². The van der Waals surface area contributed by atoms with Crippen LogP contribution in [0, 0.1) is 0 Å². The Bertz CT molecular complexity index is 212. The van der Waals surface area contributed by atoms with Gasteiger partial charge in [0.1, 0.15) is 6.61 Å². The van der Waals surface area contributed by atoms with Crippen molar-refractivity contribution in [2.24, 2.45) is 0 Å². The molecule has 1 atom stereocenters. The summed E-state index contributed by atoms with van der Waals surface area (Å²) in [5, 5.41) is 11.1. The fourth-order valence-corrected chi connectivity index (χ4v) is 0.769. The summed E-state index contributed by atoms with van der Waals surface area (Å²) in [6, 6.07) is 0.288. The van der Waals surface area contributed by atoms with Crippen molar-refractivity contribution in [3.63, 3.8) is 0 Å². The number of hydrogen-bond donors (Lipinski definition) is 2. The Morgan fingerprint density at radius 3 is 2.69 bits per heavy atom. The highest BCUT2D eigenvalue weighted by molar-refractivity contribution is 5.78. The maximum Gasteiger partial charge on any atom is 0.332 e. The number of amides is 1. The van der Waals surface area contributed by atoms with Crippen LogP contribution in [0.1, 0.15) is 19.8 Å². The quantitative estimate of drug-likeness (QED) is 0.622. The molecule has 1 aliphatic carbocycles. The fourth-order valence-electron chi connectivity index (χ4n) is 0.769. The Morgan fingerprint density at radius 2 is 2.23 bits per heavy atom. The van der Waals surface area contributed by atoms with Crippen molar-refractivity contribution < 1.29 is 19.4 Å². The van der Waals surface area contributed by atoms with Crippen LogP contribution < -0.4 is 5.32 Å². The number of hydrogen-bond acceptors (Lipinski definition) is 3. The molecule has 0 unspecified atom stereocenters. The number of carbonyl (C=O) groups is 2. The third-order valence-electron chi connectivity index (χ3n) is 1.75. The molecule has 13 heavy (non-hydrogen) atoms. The van der Waals surface area contributed by atoms with Gasteiger partial charge in [-0.25, -0.2) is 4.79 Å². The van der Waals surface area contributed by atoms with E-state index in [4.69, 9.17) is 9.84 Å². The second-order valence-electron chi connectivity index (χ2n) is 3.13. The molecule has 0 aromatic carbocycles. The van der Waals surface area contributed by atoms with Gasteiger partial charge >= 0.3 is 5.97 Å². The van der Waals surface area contributed by atoms with Gasteiger partial charge in [-0.15, -0.1) is 0 Å². The van der Waals surface area contributed by atoms with Crippen LogP contribution in [0.5, 0.6) is 0 Å². The molecule has 1 fully saturated rings. The van der Waals surface area contributed by atoms with Crippen molar-refractivity contribution in [3.8, 4) is 0 Å². The predicted octanol–water partition coefficient (Wildman–Crippen LogP) is -0.245. The third-order valence-corrected chi connectivity index (χ3v) is 1.75. The number of carbonyl (C=O) groups excluding carboxylic acids is 1. The van der Waals surface area contributed by atoms with Gasteiger partial charge in [0, 0.05) is 6.04 Å². The molecule has 1 saturated carbocycles. The highest BCUT2D eigenvalue weighted by Gasteiger charge is 2.23. The van der Waals surface area contributed by atoms with Crippen molar-refractivity contribution in [2.75, 3.05) is 6.61 Å². The minimum atomic E-state index is -1.06. The van der Waals surface area contributed by atoms with E-state index in [0.29, 0.717) is 0 Å². The predicted molar refractivity (Wildman–Crippen MR) is 44.2 cm³/mol. The van der Waals surface area contributed by atoms with Gasteiger partial charge in [-0.1, -0.05) is 0 Å². The summed E-state index contributed by atoms with van der Waals surface area (Å²) >= 11 is 0. The topological polar surface area (TPSA) is 75.6 Å². The summed E-state index contributed by atoms with van der Waals surface area (Å²) in [6.07, 6.45) is 1.10. The van der Waals surface area contributed by atoms with Crippen molar-refractivity contribution >= 4 is 11.9 Å². The van der Waals surface area contributed by atoms with Crippen molar-refractivity contribution in [1.82, 2.24) is 5.32 Å². The highest BCUT2D eigenvalue weighted by Crippen LogP contribution is 2.18. The lowest BCUT2D eigenvalue weighted by atomic mass is 10.4. The smallest absolute Gasteiger partial charge is 0.332 e. The van der Waals surface area contributed by atoms with Crippen LogP contribution >= 0.6 is 0 Å². The molecule has 0 spiro atoms. The Hall–Kier alpha value is -1.10. The first kappa shape index (κ1) is 9.98. The maximum atomic E-state index is 11.0. The van der Waals surface area contributed by atoms with E-state index in [-0.39, 0.29) is 18.6 Å². The SMILES string of the molecule is C[C@@H](OCC(=O)NC1CC1)C(=O)O. The first-order chi connectivity index (χ1) is 6.09. The zero-order valence-corrected chi connectivity index (χ0v) is 7.45. The van der Waals surface area contributed by atoms with Gasteiger partial charge in [-0.2, -0.15) is 0 Å². The Morgan fingerprint density at radius 1 is 1.62 bits per heavy atom. The highest BCUT2D eigenvalue weighted by atomic mass is 16.5. The van der Waals surface area contributed by atoms with Crippen LogP contribution in [0.3, 0.4) is 0 Å². The summed E-state index contributed by atoms with van der Waals surface area (Å²) in [6.45, 7) is 1.22. The molecule has 0 bridgehead atoms. The van der Waals surface area contributed by atoms with Gasteiger partial charge in [0.15, 0.2) is 6.10 Å². The molecule has 5 nitrogen and oxygen atoms in total. The first-order valence-corrected chi connectivity index (χ1v) is 4.23. The lowest BCUT2D eigenvalue weighted by Gasteiger charge is -2.07. The van der Waals surface area contributed by atoms with Crippen LogP contribution in [0.25, 0.3) is 0 Å². The van der Waals surface area contributed by atoms with Gasteiger partial charge in [0.05, 0.1) is 0 Å². The number of carboxylic acid groups (broad SMARTS) is 1. The second kappa shape index (κ2) is 4.23. The second-order valence-corrected chi connectivity index (χ2v) is 3.13. The molecule has 0 radical (unpaired) electrons. The number of carboxylic acids is 1. The molecular formula is C8H13NO4. The Kier molecular flexibility index (Phi) is 3.25. The van der Waals surface area contributed by atoms with E-state index in [2.05, 4.69) is 5.32 Å². The molecule has 1 aliphatic rings. The summed E-state index contributed by atoms with van der Waals surface area (Å²) in [5.41, 5.74) is 0. The van der Waals surface area contributed by atoms with E-state index in [0.717, 1.165) is 12.8 Å². The van der Waals surface area contributed by atoms with Crippen LogP contribution in [-0.4, -0.2) is 35.7 Å². The largest absolute Gasteiger partial charge is 0.479 e. The van der Waals surface area contributed by atoms with Gasteiger partial charge in [0.25, 0.3) is 0 Å². The molecule has 0 aromatic rings. The van der Waals surface area contributed by atoms with Crippen LogP contribution in [0.2, 0.25) is 0 Å². The maximum absolute atomic E-state index is 11.0. The summed E-state index contributed by atoms with van der Waals surface area (Å²) in [4.78, 5) is 21.3. The van der Waals surface area contributed by atoms with E-state index < -0.39 is 12.1 Å². The average Bonchev–Trinajstić information content (AvgIpc) is 2.83. The number of rotatable bonds is 5. The molecule has 0 aliphatic heterocycles. The van der Waals surface area contributed by atoms with Crippen molar-refractivity contribution in [3.05, 3.63) is 0 Å². The lowest BCUT2D eigenvalue weighted by Crippen LogP contribution is -2.32. The minimum Gasteiger partial charge on any atom is -0.479 e.